The number of hydrogen-bond acceptors (Lipinski definition) is 2. The standard InChI is InChI=1S/C14H18N2O/c1-3-4-9-16-10-13(17)14(15-16)12-8-6-5-7-11(12)2/h5-8,10,17H,3-4,9H2,1-2H3. The molecule has 90 valence electrons. The second kappa shape index (κ2) is 5.04. The van der Waals surface area contributed by atoms with E-state index in [1.165, 1.54) is 0 Å². The highest BCUT2D eigenvalue weighted by Gasteiger charge is 2.11. The number of aromatic hydroxyl groups is 1. The fourth-order valence-electron chi connectivity index (χ4n) is 1.88. The van der Waals surface area contributed by atoms with E-state index in [2.05, 4.69) is 12.0 Å². The minimum absolute atomic E-state index is 0.260. The number of hydrogen-bond donors (Lipinski definition) is 1. The lowest BCUT2D eigenvalue weighted by molar-refractivity contribution is 0.474. The lowest BCUT2D eigenvalue weighted by Gasteiger charge is -2.02. The maximum atomic E-state index is 9.93. The van der Waals surface area contributed by atoms with Gasteiger partial charge >= 0.3 is 0 Å². The van der Waals surface area contributed by atoms with Crippen LogP contribution in [0.5, 0.6) is 5.75 Å². The molecule has 17 heavy (non-hydrogen) atoms. The van der Waals surface area contributed by atoms with Gasteiger partial charge in [0.1, 0.15) is 5.69 Å². The number of aryl methyl sites for hydroxylation is 2. The first kappa shape index (κ1) is 11.7. The lowest BCUT2D eigenvalue weighted by atomic mass is 10.1. The van der Waals surface area contributed by atoms with Crippen LogP contribution in [0.1, 0.15) is 25.3 Å². The molecule has 0 aliphatic rings. The van der Waals surface area contributed by atoms with Crippen molar-refractivity contribution in [1.29, 1.82) is 0 Å². The predicted octanol–water partition coefficient (Wildman–Crippen LogP) is 3.36. The molecule has 1 N–H and O–H groups in total. The number of benzene rings is 1. The van der Waals surface area contributed by atoms with E-state index in [0.29, 0.717) is 5.69 Å². The van der Waals surface area contributed by atoms with Crippen molar-refractivity contribution in [3.05, 3.63) is 36.0 Å². The zero-order valence-electron chi connectivity index (χ0n) is 10.3. The Labute approximate surface area is 102 Å². The van der Waals surface area contributed by atoms with Gasteiger partial charge in [0, 0.05) is 12.1 Å². The van der Waals surface area contributed by atoms with E-state index in [4.69, 9.17) is 0 Å². The third-order valence-corrected chi connectivity index (χ3v) is 2.88. The van der Waals surface area contributed by atoms with Gasteiger partial charge < -0.3 is 5.11 Å². The summed E-state index contributed by atoms with van der Waals surface area (Å²) >= 11 is 0. The maximum Gasteiger partial charge on any atom is 0.161 e. The molecule has 2 aromatic rings. The average molecular weight is 230 g/mol. The van der Waals surface area contributed by atoms with Crippen LogP contribution in [0.25, 0.3) is 11.3 Å². The van der Waals surface area contributed by atoms with Crippen LogP contribution in [0, 0.1) is 6.92 Å². The lowest BCUT2D eigenvalue weighted by Crippen LogP contribution is -1.98. The van der Waals surface area contributed by atoms with Crippen molar-refractivity contribution in [2.45, 2.75) is 33.2 Å². The first-order valence-electron chi connectivity index (χ1n) is 6.04. The minimum atomic E-state index is 0.260. The van der Waals surface area contributed by atoms with Gasteiger partial charge in [0.05, 0.1) is 6.20 Å². The normalized spacial score (nSPS) is 10.7. The van der Waals surface area contributed by atoms with E-state index in [-0.39, 0.29) is 5.75 Å². The Kier molecular flexibility index (Phi) is 3.47. The molecule has 0 saturated carbocycles. The largest absolute Gasteiger partial charge is 0.504 e. The Bertz CT molecular complexity index is 503. The average Bonchev–Trinajstić information content (AvgIpc) is 2.68. The van der Waals surface area contributed by atoms with Gasteiger partial charge in [-0.15, -0.1) is 0 Å². The van der Waals surface area contributed by atoms with Gasteiger partial charge in [-0.2, -0.15) is 5.10 Å². The van der Waals surface area contributed by atoms with Gasteiger partial charge in [-0.05, 0) is 18.9 Å². The van der Waals surface area contributed by atoms with Crippen LogP contribution in [-0.4, -0.2) is 14.9 Å². The van der Waals surface area contributed by atoms with Crippen molar-refractivity contribution < 1.29 is 5.11 Å². The molecule has 1 aromatic heterocycles. The second-order valence-corrected chi connectivity index (χ2v) is 4.29. The quantitative estimate of drug-likeness (QED) is 0.874. The molecule has 0 fully saturated rings. The third-order valence-electron chi connectivity index (χ3n) is 2.88. The zero-order chi connectivity index (χ0) is 12.3. The molecule has 0 amide bonds. The van der Waals surface area contributed by atoms with Crippen LogP contribution in [0.4, 0.5) is 0 Å². The first-order valence-corrected chi connectivity index (χ1v) is 6.04. The summed E-state index contributed by atoms with van der Waals surface area (Å²) in [6, 6.07) is 7.97. The molecule has 1 heterocycles. The van der Waals surface area contributed by atoms with Crippen molar-refractivity contribution in [1.82, 2.24) is 9.78 Å². The molecule has 0 bridgehead atoms. The molecule has 0 spiro atoms. The Morgan fingerprint density at radius 1 is 1.29 bits per heavy atom. The van der Waals surface area contributed by atoms with Crippen LogP contribution in [0.3, 0.4) is 0 Å². The van der Waals surface area contributed by atoms with E-state index >= 15 is 0 Å². The van der Waals surface area contributed by atoms with Crippen LogP contribution >= 0.6 is 0 Å². The Hall–Kier alpha value is -1.77. The van der Waals surface area contributed by atoms with Crippen LogP contribution in [0.2, 0.25) is 0 Å². The summed E-state index contributed by atoms with van der Waals surface area (Å²) in [7, 11) is 0. The van der Waals surface area contributed by atoms with Gasteiger partial charge in [0.25, 0.3) is 0 Å². The maximum absolute atomic E-state index is 9.93. The fourth-order valence-corrected chi connectivity index (χ4v) is 1.88. The predicted molar refractivity (Wildman–Crippen MR) is 69.0 cm³/mol. The smallest absolute Gasteiger partial charge is 0.161 e. The van der Waals surface area contributed by atoms with Gasteiger partial charge in [0.15, 0.2) is 5.75 Å². The van der Waals surface area contributed by atoms with Gasteiger partial charge in [-0.3, -0.25) is 4.68 Å². The minimum Gasteiger partial charge on any atom is -0.504 e. The van der Waals surface area contributed by atoms with Gasteiger partial charge in [-0.1, -0.05) is 37.6 Å². The van der Waals surface area contributed by atoms with Crippen molar-refractivity contribution in [2.75, 3.05) is 0 Å². The van der Waals surface area contributed by atoms with Crippen LogP contribution in [-0.2, 0) is 6.54 Å². The molecule has 0 atom stereocenters. The summed E-state index contributed by atoms with van der Waals surface area (Å²) in [5, 5.41) is 14.4. The highest BCUT2D eigenvalue weighted by Crippen LogP contribution is 2.29. The zero-order valence-corrected chi connectivity index (χ0v) is 10.3. The van der Waals surface area contributed by atoms with Crippen molar-refractivity contribution in [2.24, 2.45) is 0 Å². The highest BCUT2D eigenvalue weighted by molar-refractivity contribution is 5.68. The number of unbranched alkanes of at least 4 members (excludes halogenated alkanes) is 1. The third kappa shape index (κ3) is 2.49. The van der Waals surface area contributed by atoms with Crippen LogP contribution < -0.4 is 0 Å². The molecule has 1 aromatic carbocycles. The van der Waals surface area contributed by atoms with E-state index in [1.54, 1.807) is 6.20 Å². The Morgan fingerprint density at radius 2 is 2.06 bits per heavy atom. The summed E-state index contributed by atoms with van der Waals surface area (Å²) in [6.45, 7) is 5.03. The summed E-state index contributed by atoms with van der Waals surface area (Å²) in [4.78, 5) is 0. The monoisotopic (exact) mass is 230 g/mol. The van der Waals surface area contributed by atoms with Crippen molar-refractivity contribution in [3.8, 4) is 17.0 Å². The summed E-state index contributed by atoms with van der Waals surface area (Å²) in [5.41, 5.74) is 2.81. The molecule has 3 heteroatoms. The molecule has 0 radical (unpaired) electrons. The van der Waals surface area contributed by atoms with Gasteiger partial charge in [-0.25, -0.2) is 0 Å². The van der Waals surface area contributed by atoms with E-state index < -0.39 is 0 Å². The molecular formula is C14H18N2O. The topological polar surface area (TPSA) is 38.0 Å². The first-order chi connectivity index (χ1) is 8.22. The molecule has 0 unspecified atom stereocenters. The van der Waals surface area contributed by atoms with Crippen molar-refractivity contribution >= 4 is 0 Å². The fraction of sp³-hybridized carbons (Fsp3) is 0.357. The molecule has 0 aliphatic carbocycles. The number of aromatic nitrogens is 2. The summed E-state index contributed by atoms with van der Waals surface area (Å²) in [6.07, 6.45) is 3.91. The van der Waals surface area contributed by atoms with Gasteiger partial charge in [0.2, 0.25) is 0 Å². The highest BCUT2D eigenvalue weighted by atomic mass is 16.3. The van der Waals surface area contributed by atoms with E-state index in [0.717, 1.165) is 30.5 Å². The van der Waals surface area contributed by atoms with E-state index in [1.807, 2.05) is 35.9 Å². The molecule has 0 saturated heterocycles. The molecule has 0 aliphatic heterocycles. The number of rotatable bonds is 4. The van der Waals surface area contributed by atoms with Crippen molar-refractivity contribution in [3.63, 3.8) is 0 Å². The van der Waals surface area contributed by atoms with Crippen LogP contribution in [0.15, 0.2) is 30.5 Å². The summed E-state index contributed by atoms with van der Waals surface area (Å²) < 4.78 is 1.82. The second-order valence-electron chi connectivity index (χ2n) is 4.29. The Balaban J connectivity index is 2.33. The molecular weight excluding hydrogens is 212 g/mol. The SMILES string of the molecule is CCCCn1cc(O)c(-c2ccccc2C)n1. The molecule has 2 rings (SSSR count). The molecule has 3 nitrogen and oxygen atoms in total. The van der Waals surface area contributed by atoms with E-state index in [9.17, 15) is 5.11 Å². The summed E-state index contributed by atoms with van der Waals surface area (Å²) in [5.74, 6) is 0.260. The number of nitrogens with zero attached hydrogens (tertiary/aromatic N) is 2. The Morgan fingerprint density at radius 3 is 2.76 bits per heavy atom.